The molecule has 3 heteroatoms. The molecule has 0 unspecified atom stereocenters. The van der Waals surface area contributed by atoms with Gasteiger partial charge in [0.2, 0.25) is 5.95 Å². The van der Waals surface area contributed by atoms with E-state index >= 15 is 0 Å². The van der Waals surface area contributed by atoms with Gasteiger partial charge in [0.25, 0.3) is 0 Å². The van der Waals surface area contributed by atoms with Crippen molar-refractivity contribution in [2.45, 2.75) is 84.5 Å². The predicted octanol–water partition coefficient (Wildman–Crippen LogP) is 7.16. The average Bonchev–Trinajstić information content (AvgIpc) is 2.72. The standard InChI is InChI=1S/C25H35FN2/c1-3-5-7-24-27-18-23(25(26)28-24)22-16-14-21(15-17-22)13-12-20-10-8-19(6-4-2)9-11-20/h14-20H,3-13H2,1-2H3. The number of nitrogens with zero attached hydrogens (tertiary/aromatic N) is 2. The van der Waals surface area contributed by atoms with Crippen molar-refractivity contribution in [1.82, 2.24) is 9.97 Å². The van der Waals surface area contributed by atoms with Gasteiger partial charge in [-0.3, -0.25) is 0 Å². The highest BCUT2D eigenvalue weighted by molar-refractivity contribution is 5.62. The molecule has 0 saturated heterocycles. The highest BCUT2D eigenvalue weighted by atomic mass is 19.1. The van der Waals surface area contributed by atoms with Gasteiger partial charge in [-0.2, -0.15) is 4.39 Å². The molecule has 3 rings (SSSR count). The van der Waals surface area contributed by atoms with Gasteiger partial charge < -0.3 is 0 Å². The van der Waals surface area contributed by atoms with Crippen molar-refractivity contribution in [3.8, 4) is 11.1 Å². The molecule has 0 atom stereocenters. The summed E-state index contributed by atoms with van der Waals surface area (Å²) in [7, 11) is 0. The molecule has 1 aliphatic carbocycles. The van der Waals surface area contributed by atoms with Crippen LogP contribution in [-0.4, -0.2) is 9.97 Å². The summed E-state index contributed by atoms with van der Waals surface area (Å²) in [6.07, 6.45) is 15.2. The van der Waals surface area contributed by atoms with Gasteiger partial charge in [-0.1, -0.05) is 83.1 Å². The maximum Gasteiger partial charge on any atom is 0.224 e. The molecule has 1 fully saturated rings. The molecule has 0 aliphatic heterocycles. The van der Waals surface area contributed by atoms with E-state index in [2.05, 4.69) is 35.9 Å². The number of unbranched alkanes of at least 4 members (excludes halogenated alkanes) is 1. The summed E-state index contributed by atoms with van der Waals surface area (Å²) in [6, 6.07) is 8.31. The molecule has 28 heavy (non-hydrogen) atoms. The fourth-order valence-corrected chi connectivity index (χ4v) is 4.48. The van der Waals surface area contributed by atoms with Crippen molar-refractivity contribution in [2.24, 2.45) is 11.8 Å². The fraction of sp³-hybridized carbons (Fsp3) is 0.600. The summed E-state index contributed by atoms with van der Waals surface area (Å²) in [4.78, 5) is 8.39. The topological polar surface area (TPSA) is 25.8 Å². The summed E-state index contributed by atoms with van der Waals surface area (Å²) in [6.45, 7) is 4.41. The zero-order valence-corrected chi connectivity index (χ0v) is 17.6. The van der Waals surface area contributed by atoms with E-state index in [1.807, 2.05) is 12.1 Å². The summed E-state index contributed by atoms with van der Waals surface area (Å²) >= 11 is 0. The van der Waals surface area contributed by atoms with Crippen molar-refractivity contribution in [3.63, 3.8) is 0 Å². The van der Waals surface area contributed by atoms with Gasteiger partial charge in [0.1, 0.15) is 5.82 Å². The molecule has 1 heterocycles. The molecule has 1 aromatic carbocycles. The molecule has 152 valence electrons. The molecule has 2 aromatic rings. The zero-order chi connectivity index (χ0) is 19.8. The van der Waals surface area contributed by atoms with Crippen LogP contribution in [0, 0.1) is 17.8 Å². The number of hydrogen-bond donors (Lipinski definition) is 0. The minimum Gasteiger partial charge on any atom is -0.241 e. The van der Waals surface area contributed by atoms with Gasteiger partial charge in [0.15, 0.2) is 0 Å². The lowest BCUT2D eigenvalue weighted by Crippen LogP contribution is -2.15. The monoisotopic (exact) mass is 382 g/mol. The number of rotatable bonds is 9. The van der Waals surface area contributed by atoms with Crippen LogP contribution in [0.1, 0.15) is 83.0 Å². The maximum absolute atomic E-state index is 14.4. The minimum atomic E-state index is -0.405. The number of halogens is 1. The molecule has 1 saturated carbocycles. The second-order valence-corrected chi connectivity index (χ2v) is 8.51. The average molecular weight is 383 g/mol. The molecule has 1 aromatic heterocycles. The van der Waals surface area contributed by atoms with Crippen molar-refractivity contribution in [3.05, 3.63) is 47.8 Å². The lowest BCUT2D eigenvalue weighted by Gasteiger charge is -2.28. The smallest absolute Gasteiger partial charge is 0.224 e. The van der Waals surface area contributed by atoms with Gasteiger partial charge in [-0.05, 0) is 42.2 Å². The molecule has 0 spiro atoms. The minimum absolute atomic E-state index is 0.405. The van der Waals surface area contributed by atoms with Gasteiger partial charge in [-0.25, -0.2) is 9.97 Å². The van der Waals surface area contributed by atoms with Crippen molar-refractivity contribution >= 4 is 0 Å². The van der Waals surface area contributed by atoms with Crippen LogP contribution < -0.4 is 0 Å². The van der Waals surface area contributed by atoms with Crippen LogP contribution >= 0.6 is 0 Å². The summed E-state index contributed by atoms with van der Waals surface area (Å²) < 4.78 is 14.4. The van der Waals surface area contributed by atoms with Crippen LogP contribution in [0.2, 0.25) is 0 Å². The maximum atomic E-state index is 14.4. The molecule has 0 amide bonds. The van der Waals surface area contributed by atoms with Crippen molar-refractivity contribution in [2.75, 3.05) is 0 Å². The SMILES string of the molecule is CCCCc1ncc(-c2ccc(CCC3CCC(CCC)CC3)cc2)c(F)n1. The lowest BCUT2D eigenvalue weighted by atomic mass is 9.78. The van der Waals surface area contributed by atoms with Crippen LogP contribution in [-0.2, 0) is 12.8 Å². The van der Waals surface area contributed by atoms with Gasteiger partial charge in [0, 0.05) is 12.6 Å². The van der Waals surface area contributed by atoms with E-state index in [1.165, 1.54) is 50.5 Å². The Morgan fingerprint density at radius 3 is 2.18 bits per heavy atom. The quantitative estimate of drug-likeness (QED) is 0.430. The summed E-state index contributed by atoms with van der Waals surface area (Å²) in [5, 5.41) is 0. The first-order valence-electron chi connectivity index (χ1n) is 11.3. The Hall–Kier alpha value is -1.77. The number of benzene rings is 1. The summed E-state index contributed by atoms with van der Waals surface area (Å²) in [5.41, 5.74) is 2.71. The fourth-order valence-electron chi connectivity index (χ4n) is 4.48. The van der Waals surface area contributed by atoms with Crippen LogP contribution in [0.15, 0.2) is 30.5 Å². The normalized spacial score (nSPS) is 19.7. The Kier molecular flexibility index (Phi) is 8.00. The van der Waals surface area contributed by atoms with E-state index in [4.69, 9.17) is 0 Å². The third kappa shape index (κ3) is 5.86. The van der Waals surface area contributed by atoms with Gasteiger partial charge >= 0.3 is 0 Å². The molecule has 0 bridgehead atoms. The second-order valence-electron chi connectivity index (χ2n) is 8.51. The van der Waals surface area contributed by atoms with E-state index in [9.17, 15) is 4.39 Å². The third-order valence-corrected chi connectivity index (χ3v) is 6.32. The van der Waals surface area contributed by atoms with Crippen LogP contribution in [0.4, 0.5) is 4.39 Å². The van der Waals surface area contributed by atoms with Crippen molar-refractivity contribution in [1.29, 1.82) is 0 Å². The zero-order valence-electron chi connectivity index (χ0n) is 17.6. The Labute approximate surface area is 170 Å². The third-order valence-electron chi connectivity index (χ3n) is 6.32. The molecular formula is C25H35FN2. The van der Waals surface area contributed by atoms with Crippen molar-refractivity contribution < 1.29 is 4.39 Å². The Bertz CT molecular complexity index is 718. The Morgan fingerprint density at radius 2 is 1.57 bits per heavy atom. The highest BCUT2D eigenvalue weighted by Gasteiger charge is 2.20. The Morgan fingerprint density at radius 1 is 0.893 bits per heavy atom. The molecule has 0 radical (unpaired) electrons. The first-order valence-corrected chi connectivity index (χ1v) is 11.3. The molecule has 0 N–H and O–H groups in total. The highest BCUT2D eigenvalue weighted by Crippen LogP contribution is 2.34. The van der Waals surface area contributed by atoms with Gasteiger partial charge in [0.05, 0.1) is 5.56 Å². The molecular weight excluding hydrogens is 347 g/mol. The first-order chi connectivity index (χ1) is 13.7. The molecule has 2 nitrogen and oxygen atoms in total. The Balaban J connectivity index is 1.52. The van der Waals surface area contributed by atoms with E-state index in [0.29, 0.717) is 11.4 Å². The summed E-state index contributed by atoms with van der Waals surface area (Å²) in [5.74, 6) is 2.06. The van der Waals surface area contributed by atoms with E-state index in [-0.39, 0.29) is 0 Å². The first kappa shape index (κ1) is 21.0. The number of hydrogen-bond acceptors (Lipinski definition) is 2. The van der Waals surface area contributed by atoms with E-state index < -0.39 is 5.95 Å². The molecule has 1 aliphatic rings. The van der Waals surface area contributed by atoms with E-state index in [1.54, 1.807) is 6.20 Å². The van der Waals surface area contributed by atoms with E-state index in [0.717, 1.165) is 43.1 Å². The largest absolute Gasteiger partial charge is 0.241 e. The predicted molar refractivity (Wildman–Crippen MR) is 115 cm³/mol. The van der Waals surface area contributed by atoms with Crippen LogP contribution in [0.5, 0.6) is 0 Å². The second kappa shape index (κ2) is 10.7. The number of aromatic nitrogens is 2. The number of aryl methyl sites for hydroxylation is 2. The van der Waals surface area contributed by atoms with Crippen LogP contribution in [0.25, 0.3) is 11.1 Å². The van der Waals surface area contributed by atoms with Crippen LogP contribution in [0.3, 0.4) is 0 Å². The van der Waals surface area contributed by atoms with Gasteiger partial charge in [-0.15, -0.1) is 0 Å². The lowest BCUT2D eigenvalue weighted by molar-refractivity contribution is 0.252.